The number of anilines is 1. The van der Waals surface area contributed by atoms with Crippen LogP contribution >= 0.6 is 11.6 Å². The van der Waals surface area contributed by atoms with Gasteiger partial charge in [-0.05, 0) is 37.4 Å². The van der Waals surface area contributed by atoms with E-state index >= 15 is 0 Å². The molecule has 1 aliphatic heterocycles. The summed E-state index contributed by atoms with van der Waals surface area (Å²) in [6.07, 6.45) is 7.76. The van der Waals surface area contributed by atoms with Gasteiger partial charge in [0.15, 0.2) is 0 Å². The van der Waals surface area contributed by atoms with Crippen molar-refractivity contribution in [1.82, 2.24) is 14.5 Å². The summed E-state index contributed by atoms with van der Waals surface area (Å²) in [7, 11) is 0. The molecule has 2 aromatic heterocycles. The first-order chi connectivity index (χ1) is 9.71. The molecule has 104 valence electrons. The minimum absolute atomic E-state index is 0.0434. The van der Waals surface area contributed by atoms with Gasteiger partial charge in [0.05, 0.1) is 11.3 Å². The van der Waals surface area contributed by atoms with E-state index in [-0.39, 0.29) is 5.54 Å². The molecular formula is C14H16ClN5. The Balaban J connectivity index is 2.01. The number of hydrogen-bond acceptors (Lipinski definition) is 4. The number of aromatic nitrogens is 3. The smallest absolute Gasteiger partial charge is 0.224 e. The summed E-state index contributed by atoms with van der Waals surface area (Å²) in [6, 6.07) is 2.05. The molecule has 1 aliphatic carbocycles. The third-order valence-electron chi connectivity index (χ3n) is 4.63. The van der Waals surface area contributed by atoms with Crippen LogP contribution in [0.2, 0.25) is 5.28 Å². The van der Waals surface area contributed by atoms with Crippen molar-refractivity contribution >= 4 is 34.2 Å². The maximum Gasteiger partial charge on any atom is 0.224 e. The number of halogens is 1. The second kappa shape index (κ2) is 4.19. The number of hydrazone groups is 1. The third-order valence-corrected chi connectivity index (χ3v) is 4.81. The molecule has 0 unspecified atom stereocenters. The van der Waals surface area contributed by atoms with Crippen LogP contribution in [0.3, 0.4) is 0 Å². The van der Waals surface area contributed by atoms with Crippen LogP contribution in [0.5, 0.6) is 0 Å². The first kappa shape index (κ1) is 12.1. The molecule has 2 aromatic rings. The van der Waals surface area contributed by atoms with Crippen molar-refractivity contribution in [3.05, 3.63) is 17.5 Å². The summed E-state index contributed by atoms with van der Waals surface area (Å²) < 4.78 is 2.29. The highest BCUT2D eigenvalue weighted by molar-refractivity contribution is 6.28. The Labute approximate surface area is 122 Å². The molecule has 0 amide bonds. The zero-order chi connectivity index (χ0) is 13.7. The first-order valence-corrected chi connectivity index (χ1v) is 7.44. The van der Waals surface area contributed by atoms with Crippen LogP contribution in [0.4, 0.5) is 5.82 Å². The molecule has 4 rings (SSSR count). The van der Waals surface area contributed by atoms with Crippen molar-refractivity contribution in [2.75, 3.05) is 5.43 Å². The van der Waals surface area contributed by atoms with Gasteiger partial charge >= 0.3 is 0 Å². The lowest BCUT2D eigenvalue weighted by Gasteiger charge is -2.42. The van der Waals surface area contributed by atoms with Crippen molar-refractivity contribution in [1.29, 1.82) is 0 Å². The molecule has 1 spiro atoms. The fraction of sp³-hybridized carbons (Fsp3) is 0.500. The van der Waals surface area contributed by atoms with Crippen LogP contribution in [0.15, 0.2) is 17.4 Å². The van der Waals surface area contributed by atoms with Gasteiger partial charge in [-0.1, -0.05) is 19.3 Å². The zero-order valence-electron chi connectivity index (χ0n) is 11.4. The summed E-state index contributed by atoms with van der Waals surface area (Å²) >= 11 is 6.00. The predicted molar refractivity (Wildman–Crippen MR) is 80.3 cm³/mol. The number of nitrogens with one attached hydrogen (secondary N) is 1. The number of hydrogen-bond donors (Lipinski definition) is 1. The molecule has 1 saturated carbocycles. The number of rotatable bonds is 0. The normalized spacial score (nSPS) is 20.6. The Bertz CT molecular complexity index is 712. The number of nitrogens with zero attached hydrogens (tertiary/aromatic N) is 4. The van der Waals surface area contributed by atoms with Gasteiger partial charge in [-0.15, -0.1) is 0 Å². The average Bonchev–Trinajstić information content (AvgIpc) is 2.83. The number of fused-ring (bicyclic) bond motifs is 4. The van der Waals surface area contributed by atoms with Gasteiger partial charge in [0.2, 0.25) is 5.28 Å². The van der Waals surface area contributed by atoms with Gasteiger partial charge in [0.1, 0.15) is 11.5 Å². The molecule has 0 radical (unpaired) electrons. The van der Waals surface area contributed by atoms with Crippen LogP contribution in [0, 0.1) is 0 Å². The summed E-state index contributed by atoms with van der Waals surface area (Å²) in [5.74, 6) is 0.990. The highest BCUT2D eigenvalue weighted by Crippen LogP contribution is 2.43. The Morgan fingerprint density at radius 2 is 2.10 bits per heavy atom. The van der Waals surface area contributed by atoms with Gasteiger partial charge in [-0.25, -0.2) is 4.98 Å². The molecule has 0 atom stereocenters. The topological polar surface area (TPSA) is 55.1 Å². The summed E-state index contributed by atoms with van der Waals surface area (Å²) in [6.45, 7) is 2.11. The zero-order valence-corrected chi connectivity index (χ0v) is 12.1. The molecule has 3 heterocycles. The maximum atomic E-state index is 6.00. The van der Waals surface area contributed by atoms with Gasteiger partial charge in [-0.2, -0.15) is 10.1 Å². The van der Waals surface area contributed by atoms with Crippen molar-refractivity contribution in [3.63, 3.8) is 0 Å². The summed E-state index contributed by atoms with van der Waals surface area (Å²) in [5.41, 5.74) is 5.13. The highest BCUT2D eigenvalue weighted by Gasteiger charge is 2.41. The van der Waals surface area contributed by atoms with Crippen LogP contribution < -0.4 is 5.43 Å². The van der Waals surface area contributed by atoms with Gasteiger partial charge < -0.3 is 0 Å². The lowest BCUT2D eigenvalue weighted by molar-refractivity contribution is 0.285. The van der Waals surface area contributed by atoms with E-state index in [0.29, 0.717) is 5.28 Å². The second-order valence-corrected chi connectivity index (χ2v) is 6.02. The molecule has 1 N–H and O–H groups in total. The Hall–Kier alpha value is -1.62. The van der Waals surface area contributed by atoms with Gasteiger partial charge in [0.25, 0.3) is 0 Å². The van der Waals surface area contributed by atoms with E-state index < -0.39 is 0 Å². The minimum atomic E-state index is -0.0434. The van der Waals surface area contributed by atoms with Gasteiger partial charge in [0, 0.05) is 11.6 Å². The molecule has 20 heavy (non-hydrogen) atoms. The average molecular weight is 290 g/mol. The van der Waals surface area contributed by atoms with Gasteiger partial charge in [-0.3, -0.25) is 9.99 Å². The van der Waals surface area contributed by atoms with Crippen LogP contribution in [-0.2, 0) is 5.54 Å². The summed E-state index contributed by atoms with van der Waals surface area (Å²) in [5, 5.41) is 5.83. The first-order valence-electron chi connectivity index (χ1n) is 7.06. The fourth-order valence-electron chi connectivity index (χ4n) is 3.61. The van der Waals surface area contributed by atoms with E-state index in [0.717, 1.165) is 35.4 Å². The van der Waals surface area contributed by atoms with Crippen LogP contribution in [0.1, 0.15) is 39.0 Å². The molecule has 5 nitrogen and oxygen atoms in total. The van der Waals surface area contributed by atoms with E-state index in [9.17, 15) is 0 Å². The maximum absolute atomic E-state index is 6.00. The Kier molecular flexibility index (Phi) is 2.54. The van der Waals surface area contributed by atoms with E-state index in [2.05, 4.69) is 38.1 Å². The monoisotopic (exact) mass is 289 g/mol. The largest absolute Gasteiger partial charge is 0.299 e. The molecule has 6 heteroatoms. The highest BCUT2D eigenvalue weighted by atomic mass is 35.5. The van der Waals surface area contributed by atoms with Crippen molar-refractivity contribution in [2.24, 2.45) is 5.10 Å². The fourth-order valence-corrected chi connectivity index (χ4v) is 3.74. The lowest BCUT2D eigenvalue weighted by Crippen LogP contribution is -2.45. The SMILES string of the molecule is CC1=NNc2cc3cnc(Cl)nc3n2C12CCCCC2. The van der Waals surface area contributed by atoms with Crippen LogP contribution in [0.25, 0.3) is 11.0 Å². The van der Waals surface area contributed by atoms with E-state index in [1.54, 1.807) is 6.20 Å². The molecular weight excluding hydrogens is 274 g/mol. The molecule has 0 saturated heterocycles. The second-order valence-electron chi connectivity index (χ2n) is 5.68. The van der Waals surface area contributed by atoms with E-state index in [1.165, 1.54) is 19.3 Å². The van der Waals surface area contributed by atoms with Crippen molar-refractivity contribution in [2.45, 2.75) is 44.6 Å². The predicted octanol–water partition coefficient (Wildman–Crippen LogP) is 3.55. The Morgan fingerprint density at radius 1 is 1.30 bits per heavy atom. The molecule has 0 bridgehead atoms. The third kappa shape index (κ3) is 1.53. The van der Waals surface area contributed by atoms with E-state index in [1.807, 2.05) is 0 Å². The van der Waals surface area contributed by atoms with Crippen molar-refractivity contribution in [3.8, 4) is 0 Å². The quantitative estimate of drug-likeness (QED) is 0.755. The Morgan fingerprint density at radius 3 is 2.90 bits per heavy atom. The molecule has 0 aromatic carbocycles. The van der Waals surface area contributed by atoms with Crippen LogP contribution in [-0.4, -0.2) is 20.2 Å². The van der Waals surface area contributed by atoms with E-state index in [4.69, 9.17) is 11.6 Å². The summed E-state index contributed by atoms with van der Waals surface area (Å²) in [4.78, 5) is 8.53. The molecule has 2 aliphatic rings. The molecule has 1 fully saturated rings. The lowest BCUT2D eigenvalue weighted by atomic mass is 9.78. The minimum Gasteiger partial charge on any atom is -0.299 e. The van der Waals surface area contributed by atoms with Crippen molar-refractivity contribution < 1.29 is 0 Å². The standard InChI is InChI=1S/C14H16ClN5/c1-9-14(5-3-2-4-6-14)20-11(19-18-9)7-10-8-16-13(15)17-12(10)20/h7-8,19H,2-6H2,1H3.